The highest BCUT2D eigenvalue weighted by atomic mass is 16.5. The third-order valence-corrected chi connectivity index (χ3v) is 4.93. The summed E-state index contributed by atoms with van der Waals surface area (Å²) in [6.07, 6.45) is 2.09. The van der Waals surface area contributed by atoms with Crippen LogP contribution in [0.2, 0.25) is 0 Å². The summed E-state index contributed by atoms with van der Waals surface area (Å²) in [6.45, 7) is 3.74. The van der Waals surface area contributed by atoms with Crippen LogP contribution in [0.25, 0.3) is 11.3 Å². The Morgan fingerprint density at radius 3 is 2.72 bits per heavy atom. The summed E-state index contributed by atoms with van der Waals surface area (Å²) < 4.78 is 5.21. The molecule has 3 heterocycles. The van der Waals surface area contributed by atoms with Crippen LogP contribution in [0, 0.1) is 13.8 Å². The number of nitrogens with one attached hydrogen (secondary N) is 1. The van der Waals surface area contributed by atoms with Crippen molar-refractivity contribution in [2.75, 3.05) is 18.6 Å². The van der Waals surface area contributed by atoms with Crippen molar-refractivity contribution < 1.29 is 9.53 Å². The zero-order valence-electron chi connectivity index (χ0n) is 16.4. The first kappa shape index (κ1) is 18.6. The number of hydrogen-bond acceptors (Lipinski definition) is 8. The van der Waals surface area contributed by atoms with Crippen molar-refractivity contribution in [3.8, 4) is 17.1 Å². The quantitative estimate of drug-likeness (QED) is 0.613. The molecule has 0 radical (unpaired) electrons. The number of rotatable bonds is 3. The number of aryl methyl sites for hydroxylation is 2. The fourth-order valence-corrected chi connectivity index (χ4v) is 3.62. The molecule has 9 nitrogen and oxygen atoms in total. The lowest BCUT2D eigenvalue weighted by Gasteiger charge is -2.27. The summed E-state index contributed by atoms with van der Waals surface area (Å²) in [4.78, 5) is 29.8. The lowest BCUT2D eigenvalue weighted by atomic mass is 9.89. The second-order valence-electron chi connectivity index (χ2n) is 6.96. The number of amides is 1. The third kappa shape index (κ3) is 3.31. The van der Waals surface area contributed by atoms with Crippen molar-refractivity contribution in [3.63, 3.8) is 0 Å². The predicted molar refractivity (Wildman–Crippen MR) is 108 cm³/mol. The Balaban J connectivity index is 1.82. The summed E-state index contributed by atoms with van der Waals surface area (Å²) in [6, 6.07) is 5.66. The van der Waals surface area contributed by atoms with Crippen LogP contribution in [0.5, 0.6) is 5.88 Å². The van der Waals surface area contributed by atoms with Crippen LogP contribution in [0.1, 0.15) is 38.9 Å². The van der Waals surface area contributed by atoms with Crippen LogP contribution < -0.4 is 21.5 Å². The Hall–Kier alpha value is -3.75. The molecule has 9 heteroatoms. The molecule has 148 valence electrons. The number of benzene rings is 1. The van der Waals surface area contributed by atoms with Gasteiger partial charge in [0.25, 0.3) is 11.8 Å². The Morgan fingerprint density at radius 1 is 1.17 bits per heavy atom. The number of nitrogens with two attached hydrogens (primary N) is 2. The number of hydrogen-bond donors (Lipinski definition) is 3. The normalized spacial score (nSPS) is 15.6. The molecule has 1 amide bonds. The maximum Gasteiger partial charge on any atom is 0.257 e. The van der Waals surface area contributed by atoms with Crippen LogP contribution in [0.3, 0.4) is 0 Å². The average Bonchev–Trinajstić information content (AvgIpc) is 2.67. The Morgan fingerprint density at radius 2 is 1.97 bits per heavy atom. The van der Waals surface area contributed by atoms with Gasteiger partial charge in [-0.1, -0.05) is 17.7 Å². The Labute approximate surface area is 167 Å². The van der Waals surface area contributed by atoms with E-state index in [1.807, 2.05) is 25.1 Å². The van der Waals surface area contributed by atoms with Crippen molar-refractivity contribution in [1.29, 1.82) is 0 Å². The molecular formula is C20H21N7O2. The Kier molecular flexibility index (Phi) is 4.50. The largest absolute Gasteiger partial charge is 0.478 e. The molecule has 1 aromatic carbocycles. The van der Waals surface area contributed by atoms with Crippen molar-refractivity contribution in [2.24, 2.45) is 0 Å². The number of nitrogens with zero attached hydrogens (tertiary/aromatic N) is 4. The molecule has 3 aromatic rings. The number of aromatic nitrogens is 4. The lowest BCUT2D eigenvalue weighted by Crippen LogP contribution is -2.37. The molecule has 0 saturated heterocycles. The number of anilines is 2. The van der Waals surface area contributed by atoms with Gasteiger partial charge in [0.1, 0.15) is 0 Å². The van der Waals surface area contributed by atoms with Gasteiger partial charge in [-0.05, 0) is 25.5 Å². The van der Waals surface area contributed by atoms with Gasteiger partial charge >= 0.3 is 0 Å². The topological polar surface area (TPSA) is 142 Å². The van der Waals surface area contributed by atoms with E-state index in [0.29, 0.717) is 29.1 Å². The van der Waals surface area contributed by atoms with Crippen LogP contribution >= 0.6 is 0 Å². The minimum Gasteiger partial charge on any atom is -0.478 e. The molecule has 1 unspecified atom stereocenters. The van der Waals surface area contributed by atoms with Gasteiger partial charge in [0.05, 0.1) is 42.0 Å². The van der Waals surface area contributed by atoms with E-state index in [0.717, 1.165) is 16.7 Å². The van der Waals surface area contributed by atoms with E-state index < -0.39 is 0 Å². The van der Waals surface area contributed by atoms with E-state index in [1.54, 1.807) is 13.1 Å². The molecule has 0 saturated carbocycles. The molecule has 0 aliphatic carbocycles. The first-order valence-corrected chi connectivity index (χ1v) is 9.08. The summed E-state index contributed by atoms with van der Waals surface area (Å²) >= 11 is 0. The predicted octanol–water partition coefficient (Wildman–Crippen LogP) is 1.75. The van der Waals surface area contributed by atoms with E-state index in [2.05, 4.69) is 25.3 Å². The van der Waals surface area contributed by atoms with Crippen molar-refractivity contribution >= 4 is 17.7 Å². The smallest absolute Gasteiger partial charge is 0.257 e. The molecule has 1 atom stereocenters. The number of ether oxygens (including phenoxy) is 1. The van der Waals surface area contributed by atoms with Crippen molar-refractivity contribution in [3.05, 3.63) is 52.5 Å². The second-order valence-corrected chi connectivity index (χ2v) is 6.96. The molecule has 0 bridgehead atoms. The molecular weight excluding hydrogens is 370 g/mol. The van der Waals surface area contributed by atoms with E-state index in [9.17, 15) is 4.79 Å². The maximum absolute atomic E-state index is 12.8. The first-order chi connectivity index (χ1) is 13.9. The van der Waals surface area contributed by atoms with Crippen LogP contribution in [0.4, 0.5) is 11.8 Å². The van der Waals surface area contributed by atoms with Gasteiger partial charge in [-0.15, -0.1) is 0 Å². The number of methoxy groups -OCH3 is 1. The van der Waals surface area contributed by atoms with Gasteiger partial charge in [-0.3, -0.25) is 4.79 Å². The highest BCUT2D eigenvalue weighted by Crippen LogP contribution is 2.34. The summed E-state index contributed by atoms with van der Waals surface area (Å²) in [5.74, 6) is 0.409. The molecule has 1 aliphatic rings. The molecule has 4 rings (SSSR count). The fraction of sp³-hybridized carbons (Fsp3) is 0.250. The zero-order chi connectivity index (χ0) is 20.7. The molecule has 0 spiro atoms. The van der Waals surface area contributed by atoms with E-state index >= 15 is 0 Å². The number of nitrogen functional groups attached to an aromatic ring is 2. The van der Waals surface area contributed by atoms with Gasteiger partial charge in [-0.2, -0.15) is 0 Å². The third-order valence-electron chi connectivity index (χ3n) is 4.93. The lowest BCUT2D eigenvalue weighted by molar-refractivity contribution is 0.0922. The fourth-order valence-electron chi connectivity index (χ4n) is 3.62. The highest BCUT2D eigenvalue weighted by molar-refractivity contribution is 5.98. The summed E-state index contributed by atoms with van der Waals surface area (Å²) in [5.41, 5.74) is 16.7. The van der Waals surface area contributed by atoms with Gasteiger partial charge < -0.3 is 21.5 Å². The minimum absolute atomic E-state index is 0.160. The summed E-state index contributed by atoms with van der Waals surface area (Å²) in [5, 5.41) is 3.05. The molecule has 1 aliphatic heterocycles. The number of carbonyl (C=O) groups excluding carboxylic acids is 1. The number of carbonyl (C=O) groups is 1. The standard InChI is InChI=1S/C20H21N7O2/c1-9-4-5-11(12(6-9)15-8-23-17(21)19(26-15)29-3)13-7-14-16(18(28)25-13)10(2)24-20(22)27-14/h4-6,8,13H,7H2,1-3H3,(H2,21,23)(H,25,28)(H2,22,24,27). The van der Waals surface area contributed by atoms with E-state index in [-0.39, 0.29) is 29.6 Å². The maximum atomic E-state index is 12.8. The Bertz CT molecular complexity index is 1130. The molecule has 2 aromatic heterocycles. The molecule has 5 N–H and O–H groups in total. The van der Waals surface area contributed by atoms with Gasteiger partial charge in [-0.25, -0.2) is 19.9 Å². The molecule has 0 fully saturated rings. The van der Waals surface area contributed by atoms with Gasteiger partial charge in [0.2, 0.25) is 5.95 Å². The van der Waals surface area contributed by atoms with E-state index in [4.69, 9.17) is 16.2 Å². The minimum atomic E-state index is -0.301. The van der Waals surface area contributed by atoms with Crippen molar-refractivity contribution in [2.45, 2.75) is 26.3 Å². The van der Waals surface area contributed by atoms with E-state index in [1.165, 1.54) is 7.11 Å². The molecule has 29 heavy (non-hydrogen) atoms. The SMILES string of the molecule is COc1nc(-c2cc(C)ccc2C2Cc3nc(N)nc(C)c3C(=O)N2)cnc1N. The van der Waals surface area contributed by atoms with Gasteiger partial charge in [0.15, 0.2) is 5.82 Å². The monoisotopic (exact) mass is 391 g/mol. The zero-order valence-corrected chi connectivity index (χ0v) is 16.4. The second kappa shape index (κ2) is 7.01. The average molecular weight is 391 g/mol. The first-order valence-electron chi connectivity index (χ1n) is 9.08. The highest BCUT2D eigenvalue weighted by Gasteiger charge is 2.30. The van der Waals surface area contributed by atoms with Crippen LogP contribution in [0.15, 0.2) is 24.4 Å². The van der Waals surface area contributed by atoms with Crippen LogP contribution in [-0.2, 0) is 6.42 Å². The van der Waals surface area contributed by atoms with Gasteiger partial charge in [0, 0.05) is 12.0 Å². The number of fused-ring (bicyclic) bond motifs is 1. The van der Waals surface area contributed by atoms with Crippen LogP contribution in [-0.4, -0.2) is 33.0 Å². The van der Waals surface area contributed by atoms with Crippen molar-refractivity contribution in [1.82, 2.24) is 25.3 Å². The summed E-state index contributed by atoms with van der Waals surface area (Å²) in [7, 11) is 1.49.